The van der Waals surface area contributed by atoms with Gasteiger partial charge in [0.15, 0.2) is 6.61 Å². The highest BCUT2D eigenvalue weighted by Gasteiger charge is 2.08. The van der Waals surface area contributed by atoms with Crippen molar-refractivity contribution >= 4 is 28.5 Å². The summed E-state index contributed by atoms with van der Waals surface area (Å²) >= 11 is 0.973. The molecule has 1 aromatic carbocycles. The van der Waals surface area contributed by atoms with Crippen molar-refractivity contribution in [1.82, 2.24) is 5.43 Å². The predicted molar refractivity (Wildman–Crippen MR) is 83.4 cm³/mol. The maximum Gasteiger partial charge on any atom is 0.324 e. The van der Waals surface area contributed by atoms with Crippen molar-refractivity contribution in [3.8, 4) is 5.75 Å². The summed E-state index contributed by atoms with van der Waals surface area (Å²) < 4.78 is 5.29. The standard InChI is InChI=1S/C14H13N3O4S/c1-10-2-4-11(5-3-10)21-9-13(18)16-15-8-12-6-7-14(22-12)17(19)20/h2-8H,9H2,1H3,(H,16,18)/b15-8-. The molecule has 2 rings (SSSR count). The Morgan fingerprint density at radius 3 is 2.73 bits per heavy atom. The van der Waals surface area contributed by atoms with Gasteiger partial charge in [0.25, 0.3) is 5.91 Å². The van der Waals surface area contributed by atoms with Crippen LogP contribution in [0.3, 0.4) is 0 Å². The number of nitro groups is 1. The number of benzene rings is 1. The highest BCUT2D eigenvalue weighted by molar-refractivity contribution is 7.16. The van der Waals surface area contributed by atoms with E-state index in [1.807, 2.05) is 19.1 Å². The molecule has 0 aliphatic carbocycles. The number of nitrogens with one attached hydrogen (secondary N) is 1. The molecule has 0 saturated heterocycles. The predicted octanol–water partition coefficient (Wildman–Crippen LogP) is 2.49. The molecular weight excluding hydrogens is 306 g/mol. The summed E-state index contributed by atoms with van der Waals surface area (Å²) in [4.78, 5) is 22.2. The molecule has 0 unspecified atom stereocenters. The van der Waals surface area contributed by atoms with Gasteiger partial charge in [-0.3, -0.25) is 14.9 Å². The Hall–Kier alpha value is -2.74. The summed E-state index contributed by atoms with van der Waals surface area (Å²) in [7, 11) is 0. The lowest BCUT2D eigenvalue weighted by molar-refractivity contribution is -0.380. The van der Waals surface area contributed by atoms with Gasteiger partial charge in [0.1, 0.15) is 5.75 Å². The smallest absolute Gasteiger partial charge is 0.324 e. The normalized spacial score (nSPS) is 10.6. The zero-order valence-electron chi connectivity index (χ0n) is 11.7. The SMILES string of the molecule is Cc1ccc(OCC(=O)N/N=C\c2ccc([N+](=O)[O-])s2)cc1. The largest absolute Gasteiger partial charge is 0.484 e. The van der Waals surface area contributed by atoms with Crippen molar-refractivity contribution in [2.45, 2.75) is 6.92 Å². The molecule has 7 nitrogen and oxygen atoms in total. The molecule has 1 heterocycles. The molecule has 0 spiro atoms. The van der Waals surface area contributed by atoms with Crippen molar-refractivity contribution in [3.63, 3.8) is 0 Å². The van der Waals surface area contributed by atoms with Gasteiger partial charge >= 0.3 is 5.00 Å². The minimum absolute atomic E-state index is 0.0236. The molecule has 0 aliphatic heterocycles. The molecule has 1 N–H and O–H groups in total. The summed E-state index contributed by atoms with van der Waals surface area (Å²) in [6.07, 6.45) is 1.35. The van der Waals surface area contributed by atoms with Gasteiger partial charge in [-0.05, 0) is 25.1 Å². The van der Waals surface area contributed by atoms with Gasteiger partial charge < -0.3 is 4.74 Å². The number of carbonyl (C=O) groups excluding carboxylic acids is 1. The van der Waals surface area contributed by atoms with Crippen LogP contribution in [-0.2, 0) is 4.79 Å². The van der Waals surface area contributed by atoms with Crippen LogP contribution in [0.2, 0.25) is 0 Å². The first-order chi connectivity index (χ1) is 10.5. The number of thiophene rings is 1. The van der Waals surface area contributed by atoms with Crippen molar-refractivity contribution in [2.24, 2.45) is 5.10 Å². The fourth-order valence-corrected chi connectivity index (χ4v) is 2.19. The van der Waals surface area contributed by atoms with Crippen LogP contribution in [0.25, 0.3) is 0 Å². The fourth-order valence-electron chi connectivity index (χ4n) is 1.49. The lowest BCUT2D eigenvalue weighted by Gasteiger charge is -2.04. The molecular formula is C14H13N3O4S. The van der Waals surface area contributed by atoms with E-state index in [2.05, 4.69) is 10.5 Å². The molecule has 22 heavy (non-hydrogen) atoms. The van der Waals surface area contributed by atoms with Gasteiger partial charge in [0, 0.05) is 6.07 Å². The summed E-state index contributed by atoms with van der Waals surface area (Å²) in [5.74, 6) is 0.182. The number of hydrazone groups is 1. The summed E-state index contributed by atoms with van der Waals surface area (Å²) in [6, 6.07) is 10.3. The third-order valence-electron chi connectivity index (χ3n) is 2.56. The molecule has 0 radical (unpaired) electrons. The number of hydrogen-bond acceptors (Lipinski definition) is 6. The zero-order chi connectivity index (χ0) is 15.9. The fraction of sp³-hybridized carbons (Fsp3) is 0.143. The van der Waals surface area contributed by atoms with E-state index in [9.17, 15) is 14.9 Å². The summed E-state index contributed by atoms with van der Waals surface area (Å²) in [6.45, 7) is 1.80. The first kappa shape index (κ1) is 15.6. The summed E-state index contributed by atoms with van der Waals surface area (Å²) in [5.41, 5.74) is 3.40. The van der Waals surface area contributed by atoms with E-state index in [0.29, 0.717) is 10.6 Å². The number of rotatable bonds is 6. The Balaban J connectivity index is 1.78. The average molecular weight is 319 g/mol. The average Bonchev–Trinajstić information content (AvgIpc) is 2.96. The maximum absolute atomic E-state index is 11.5. The molecule has 1 amide bonds. The van der Waals surface area contributed by atoms with Gasteiger partial charge in [-0.25, -0.2) is 5.43 Å². The third-order valence-corrected chi connectivity index (χ3v) is 3.54. The zero-order valence-corrected chi connectivity index (χ0v) is 12.5. The van der Waals surface area contributed by atoms with E-state index >= 15 is 0 Å². The van der Waals surface area contributed by atoms with E-state index in [1.54, 1.807) is 18.2 Å². The lowest BCUT2D eigenvalue weighted by Crippen LogP contribution is -2.24. The molecule has 0 bridgehead atoms. The van der Waals surface area contributed by atoms with Crippen LogP contribution >= 0.6 is 11.3 Å². The maximum atomic E-state index is 11.5. The van der Waals surface area contributed by atoms with E-state index in [-0.39, 0.29) is 11.6 Å². The Morgan fingerprint density at radius 1 is 1.36 bits per heavy atom. The number of hydrogen-bond donors (Lipinski definition) is 1. The molecule has 0 saturated carbocycles. The topological polar surface area (TPSA) is 93.8 Å². The first-order valence-electron chi connectivity index (χ1n) is 6.30. The van der Waals surface area contributed by atoms with Gasteiger partial charge in [0.2, 0.25) is 0 Å². The van der Waals surface area contributed by atoms with E-state index in [1.165, 1.54) is 12.3 Å². The van der Waals surface area contributed by atoms with Crippen LogP contribution in [0, 0.1) is 17.0 Å². The lowest BCUT2D eigenvalue weighted by atomic mass is 10.2. The van der Waals surface area contributed by atoms with Gasteiger partial charge in [-0.2, -0.15) is 5.10 Å². The monoisotopic (exact) mass is 319 g/mol. The Kier molecular flexibility index (Phi) is 5.21. The highest BCUT2D eigenvalue weighted by atomic mass is 32.1. The minimum Gasteiger partial charge on any atom is -0.484 e. The van der Waals surface area contributed by atoms with E-state index in [0.717, 1.165) is 16.9 Å². The second-order valence-electron chi connectivity index (χ2n) is 4.33. The second-order valence-corrected chi connectivity index (χ2v) is 5.42. The van der Waals surface area contributed by atoms with Crippen LogP contribution in [-0.4, -0.2) is 23.7 Å². The molecule has 0 fully saturated rings. The van der Waals surface area contributed by atoms with Crippen LogP contribution in [0.1, 0.15) is 10.4 Å². The van der Waals surface area contributed by atoms with Crippen LogP contribution < -0.4 is 10.2 Å². The quantitative estimate of drug-likeness (QED) is 0.503. The summed E-state index contributed by atoms with van der Waals surface area (Å²) in [5, 5.41) is 14.3. The van der Waals surface area contributed by atoms with Crippen molar-refractivity contribution in [3.05, 3.63) is 57.0 Å². The van der Waals surface area contributed by atoms with Gasteiger partial charge in [-0.1, -0.05) is 29.0 Å². The van der Waals surface area contributed by atoms with Gasteiger partial charge in [-0.15, -0.1) is 0 Å². The number of ether oxygens (including phenoxy) is 1. The number of carbonyl (C=O) groups is 1. The molecule has 0 atom stereocenters. The van der Waals surface area contributed by atoms with Crippen molar-refractivity contribution < 1.29 is 14.5 Å². The molecule has 1 aromatic heterocycles. The Labute approximate surface area is 130 Å². The highest BCUT2D eigenvalue weighted by Crippen LogP contribution is 2.22. The van der Waals surface area contributed by atoms with Gasteiger partial charge in [0.05, 0.1) is 16.0 Å². The molecule has 8 heteroatoms. The first-order valence-corrected chi connectivity index (χ1v) is 7.12. The third kappa shape index (κ3) is 4.67. The Morgan fingerprint density at radius 2 is 2.09 bits per heavy atom. The molecule has 2 aromatic rings. The van der Waals surface area contributed by atoms with E-state index in [4.69, 9.17) is 4.74 Å². The van der Waals surface area contributed by atoms with Crippen LogP contribution in [0.4, 0.5) is 5.00 Å². The molecule has 114 valence electrons. The number of aryl methyl sites for hydroxylation is 1. The number of amides is 1. The number of nitrogens with zero attached hydrogens (tertiary/aromatic N) is 2. The Bertz CT molecular complexity index is 694. The van der Waals surface area contributed by atoms with Crippen molar-refractivity contribution in [2.75, 3.05) is 6.61 Å². The van der Waals surface area contributed by atoms with E-state index < -0.39 is 10.8 Å². The minimum atomic E-state index is -0.476. The van der Waals surface area contributed by atoms with Crippen molar-refractivity contribution in [1.29, 1.82) is 0 Å². The second kappa shape index (κ2) is 7.32. The van der Waals surface area contributed by atoms with Crippen LogP contribution in [0.5, 0.6) is 5.75 Å². The molecule has 0 aliphatic rings. The van der Waals surface area contributed by atoms with Crippen LogP contribution in [0.15, 0.2) is 41.5 Å².